The van der Waals surface area contributed by atoms with E-state index < -0.39 is 0 Å². The van der Waals surface area contributed by atoms with Gasteiger partial charge in [0.1, 0.15) is 11.2 Å². The van der Waals surface area contributed by atoms with E-state index in [1.165, 1.54) is 75.5 Å². The van der Waals surface area contributed by atoms with E-state index in [4.69, 9.17) is 4.42 Å². The van der Waals surface area contributed by atoms with Crippen molar-refractivity contribution in [3.05, 3.63) is 168 Å². The van der Waals surface area contributed by atoms with Crippen molar-refractivity contribution in [1.29, 1.82) is 0 Å². The summed E-state index contributed by atoms with van der Waals surface area (Å²) in [5, 5.41) is 7.24. The summed E-state index contributed by atoms with van der Waals surface area (Å²) in [6.07, 6.45) is 9.44. The van der Waals surface area contributed by atoms with Gasteiger partial charge in [0.05, 0.1) is 10.4 Å². The second-order valence-corrected chi connectivity index (χ2v) is 13.8. The van der Waals surface area contributed by atoms with Crippen LogP contribution in [-0.2, 0) is 6.42 Å². The highest BCUT2D eigenvalue weighted by Gasteiger charge is 2.24. The fraction of sp³-hybridized carbons (Fsp3) is 0.0435. The van der Waals surface area contributed by atoms with E-state index in [1.54, 1.807) is 0 Å². The van der Waals surface area contributed by atoms with Gasteiger partial charge in [-0.3, -0.25) is 0 Å². The second-order valence-electron chi connectivity index (χ2n) is 12.8. The first kappa shape index (κ1) is 28.1. The van der Waals surface area contributed by atoms with Gasteiger partial charge in [-0.2, -0.15) is 0 Å². The van der Waals surface area contributed by atoms with E-state index in [1.807, 2.05) is 11.3 Å². The van der Waals surface area contributed by atoms with Gasteiger partial charge in [0.25, 0.3) is 0 Å². The topological polar surface area (TPSA) is 16.4 Å². The maximum atomic E-state index is 6.60. The Balaban J connectivity index is 1.17. The van der Waals surface area contributed by atoms with Crippen LogP contribution in [0.2, 0.25) is 0 Å². The Bertz CT molecular complexity index is 2820. The summed E-state index contributed by atoms with van der Waals surface area (Å²) in [4.78, 5) is 2.44. The number of anilines is 3. The summed E-state index contributed by atoms with van der Waals surface area (Å²) in [6.45, 7) is 2.05. The van der Waals surface area contributed by atoms with Gasteiger partial charge >= 0.3 is 0 Å². The maximum absolute atomic E-state index is 6.60. The normalized spacial score (nSPS) is 12.8. The van der Waals surface area contributed by atoms with Crippen molar-refractivity contribution >= 4 is 87.4 Å². The van der Waals surface area contributed by atoms with Crippen LogP contribution < -0.4 is 4.90 Å². The molecule has 7 aromatic carbocycles. The molecule has 2 aromatic heterocycles. The molecule has 0 spiro atoms. The number of hydrogen-bond donors (Lipinski definition) is 0. The molecule has 0 unspecified atom stereocenters. The lowest BCUT2D eigenvalue weighted by molar-refractivity contribution is 0.673. The third-order valence-corrected chi connectivity index (χ3v) is 11.2. The average Bonchev–Trinajstić information content (AvgIpc) is 3.84. The summed E-state index contributed by atoms with van der Waals surface area (Å²) < 4.78 is 9.13. The smallest absolute Gasteiger partial charge is 0.143 e. The Morgan fingerprint density at radius 3 is 2.43 bits per heavy atom. The summed E-state index contributed by atoms with van der Waals surface area (Å²) in [5.41, 5.74) is 12.1. The van der Waals surface area contributed by atoms with Crippen LogP contribution in [0.15, 0.2) is 156 Å². The highest BCUT2D eigenvalue weighted by Crippen LogP contribution is 2.49. The highest BCUT2D eigenvalue weighted by molar-refractivity contribution is 7.26. The van der Waals surface area contributed by atoms with Crippen LogP contribution in [0.5, 0.6) is 0 Å². The number of benzene rings is 7. The van der Waals surface area contributed by atoms with Crippen LogP contribution >= 0.6 is 11.3 Å². The molecule has 49 heavy (non-hydrogen) atoms. The lowest BCUT2D eigenvalue weighted by Crippen LogP contribution is -2.10. The minimum absolute atomic E-state index is 0.921. The van der Waals surface area contributed by atoms with E-state index in [-0.39, 0.29) is 0 Å². The predicted octanol–water partition coefficient (Wildman–Crippen LogP) is 13.7. The van der Waals surface area contributed by atoms with Gasteiger partial charge in [-0.1, -0.05) is 109 Å². The molecule has 0 radical (unpaired) electrons. The first-order valence-electron chi connectivity index (χ1n) is 16.8. The zero-order valence-electron chi connectivity index (χ0n) is 27.0. The summed E-state index contributed by atoms with van der Waals surface area (Å²) in [6, 6.07) is 48.6. The molecule has 0 bridgehead atoms. The SMILES string of the molecule is C/C=C\C=C/c1cccc2c1Cc1cc(N(c3ccccc3)c3cccc4c3sc3ccc5oc6c7ccccc7ccc6c5c34)ccc1-2. The molecule has 1 aliphatic carbocycles. The van der Waals surface area contributed by atoms with Crippen molar-refractivity contribution in [2.45, 2.75) is 13.3 Å². The molecule has 0 aliphatic heterocycles. The standard InChI is InChI=1S/C46H31NOS/c1-2-3-5-12-29-14-10-18-36-34-24-22-33(27-31(34)28-39(29)36)47(32-15-6-4-7-16-32)40-20-11-19-38-44-42(49-46(38)40)26-25-41-43(44)37-23-21-30-13-8-9-17-35(30)45(37)48-41/h2-27H,28H2,1H3/b3-2-,12-5-. The molecule has 0 saturated heterocycles. The molecule has 3 heteroatoms. The first-order chi connectivity index (χ1) is 24.3. The minimum Gasteiger partial charge on any atom is -0.455 e. The number of thiophene rings is 1. The van der Waals surface area contributed by atoms with Gasteiger partial charge < -0.3 is 9.32 Å². The zero-order chi connectivity index (χ0) is 32.5. The molecular formula is C46H31NOS. The molecule has 9 aromatic rings. The Morgan fingerprint density at radius 1 is 0.653 bits per heavy atom. The van der Waals surface area contributed by atoms with Crippen LogP contribution in [0.25, 0.3) is 70.1 Å². The predicted molar refractivity (Wildman–Crippen MR) is 211 cm³/mol. The molecule has 0 saturated carbocycles. The number of rotatable bonds is 5. The molecular weight excluding hydrogens is 615 g/mol. The van der Waals surface area contributed by atoms with Crippen LogP contribution in [0, 0.1) is 0 Å². The van der Waals surface area contributed by atoms with Crippen LogP contribution in [-0.4, -0.2) is 0 Å². The van der Waals surface area contributed by atoms with Crippen LogP contribution in [0.4, 0.5) is 17.1 Å². The van der Waals surface area contributed by atoms with Gasteiger partial charge in [0.2, 0.25) is 0 Å². The van der Waals surface area contributed by atoms with Crippen LogP contribution in [0.1, 0.15) is 23.6 Å². The van der Waals surface area contributed by atoms with Gasteiger partial charge in [-0.15, -0.1) is 11.3 Å². The average molecular weight is 646 g/mol. The van der Waals surface area contributed by atoms with Crippen molar-refractivity contribution in [1.82, 2.24) is 0 Å². The monoisotopic (exact) mass is 645 g/mol. The van der Waals surface area contributed by atoms with Crippen molar-refractivity contribution in [2.24, 2.45) is 0 Å². The highest BCUT2D eigenvalue weighted by atomic mass is 32.1. The Morgan fingerprint density at radius 2 is 1.51 bits per heavy atom. The van der Waals surface area contributed by atoms with Gasteiger partial charge in [0.15, 0.2) is 0 Å². The quantitative estimate of drug-likeness (QED) is 0.173. The molecule has 2 nitrogen and oxygen atoms in total. The summed E-state index contributed by atoms with van der Waals surface area (Å²) >= 11 is 1.87. The number of hydrogen-bond acceptors (Lipinski definition) is 3. The summed E-state index contributed by atoms with van der Waals surface area (Å²) in [5.74, 6) is 0. The van der Waals surface area contributed by atoms with E-state index in [2.05, 4.69) is 170 Å². The van der Waals surface area contributed by atoms with Crippen molar-refractivity contribution in [2.75, 3.05) is 4.90 Å². The van der Waals surface area contributed by atoms with Crippen molar-refractivity contribution in [3.8, 4) is 11.1 Å². The van der Waals surface area contributed by atoms with Gasteiger partial charge in [0, 0.05) is 43.0 Å². The molecule has 1 aliphatic rings. The van der Waals surface area contributed by atoms with Crippen molar-refractivity contribution in [3.63, 3.8) is 0 Å². The fourth-order valence-corrected chi connectivity index (χ4v) is 9.06. The number of fused-ring (bicyclic) bond motifs is 12. The Kier molecular flexibility index (Phi) is 6.37. The molecule has 0 amide bonds. The molecule has 0 N–H and O–H groups in total. The third kappa shape index (κ3) is 4.33. The number of para-hydroxylation sites is 1. The Labute approximate surface area is 288 Å². The minimum atomic E-state index is 0.921. The van der Waals surface area contributed by atoms with E-state index >= 15 is 0 Å². The third-order valence-electron chi connectivity index (χ3n) is 10.0. The van der Waals surface area contributed by atoms with Crippen LogP contribution in [0.3, 0.4) is 0 Å². The molecule has 0 atom stereocenters. The van der Waals surface area contributed by atoms with E-state index in [9.17, 15) is 0 Å². The van der Waals surface area contributed by atoms with Gasteiger partial charge in [-0.25, -0.2) is 0 Å². The summed E-state index contributed by atoms with van der Waals surface area (Å²) in [7, 11) is 0. The van der Waals surface area contributed by atoms with E-state index in [0.29, 0.717) is 0 Å². The Hall–Kier alpha value is -5.90. The fourth-order valence-electron chi connectivity index (χ4n) is 7.85. The molecule has 10 rings (SSSR count). The molecule has 2 heterocycles. The number of furan rings is 1. The molecule has 0 fully saturated rings. The maximum Gasteiger partial charge on any atom is 0.143 e. The first-order valence-corrected chi connectivity index (χ1v) is 17.7. The zero-order valence-corrected chi connectivity index (χ0v) is 27.8. The number of allylic oxidation sites excluding steroid dienone is 3. The second kappa shape index (κ2) is 11.1. The number of nitrogens with zero attached hydrogens (tertiary/aromatic N) is 1. The lowest BCUT2D eigenvalue weighted by atomic mass is 10.0. The molecule has 232 valence electrons. The van der Waals surface area contributed by atoms with Gasteiger partial charge in [-0.05, 0) is 95.1 Å². The van der Waals surface area contributed by atoms with Crippen molar-refractivity contribution < 1.29 is 4.42 Å². The largest absolute Gasteiger partial charge is 0.455 e. The lowest BCUT2D eigenvalue weighted by Gasteiger charge is -2.26. The van der Waals surface area contributed by atoms with E-state index in [0.717, 1.165) is 28.7 Å².